The molecule has 140 valence electrons. The molecule has 0 aliphatic rings. The number of nitrogens with zero attached hydrogens (tertiary/aromatic N) is 2. The molecular formula is C20H21FN4OS. The third-order valence-electron chi connectivity index (χ3n) is 4.14. The molecular weight excluding hydrogens is 363 g/mol. The van der Waals surface area contributed by atoms with Crippen LogP contribution in [0.15, 0.2) is 48.5 Å². The summed E-state index contributed by atoms with van der Waals surface area (Å²) in [4.78, 5) is 12.2. The van der Waals surface area contributed by atoms with Crippen LogP contribution in [0.4, 0.5) is 4.39 Å². The van der Waals surface area contributed by atoms with Gasteiger partial charge in [0, 0.05) is 12.6 Å². The van der Waals surface area contributed by atoms with Gasteiger partial charge in [-0.3, -0.25) is 4.79 Å². The molecule has 2 aromatic carbocycles. The average molecular weight is 384 g/mol. The molecule has 3 rings (SSSR count). The number of halogens is 1. The highest BCUT2D eigenvalue weighted by Crippen LogP contribution is 2.16. The van der Waals surface area contributed by atoms with E-state index in [4.69, 9.17) is 0 Å². The van der Waals surface area contributed by atoms with E-state index in [1.54, 1.807) is 6.07 Å². The van der Waals surface area contributed by atoms with Crippen LogP contribution in [0.2, 0.25) is 0 Å². The van der Waals surface area contributed by atoms with Crippen molar-refractivity contribution in [2.45, 2.75) is 33.0 Å². The van der Waals surface area contributed by atoms with Gasteiger partial charge in [0.05, 0.1) is 6.54 Å². The summed E-state index contributed by atoms with van der Waals surface area (Å²) in [6, 6.07) is 14.4. The minimum Gasteiger partial charge on any atom is -0.346 e. The van der Waals surface area contributed by atoms with Crippen LogP contribution in [0.1, 0.15) is 44.5 Å². The third kappa shape index (κ3) is 5.42. The second-order valence-corrected chi connectivity index (χ2v) is 7.39. The van der Waals surface area contributed by atoms with Gasteiger partial charge >= 0.3 is 0 Å². The zero-order valence-electron chi connectivity index (χ0n) is 15.2. The van der Waals surface area contributed by atoms with Gasteiger partial charge in [-0.15, -0.1) is 10.2 Å². The predicted molar refractivity (Wildman–Crippen MR) is 104 cm³/mol. The lowest BCUT2D eigenvalue weighted by atomic mass is 10.1. The van der Waals surface area contributed by atoms with Gasteiger partial charge in [-0.05, 0) is 37.1 Å². The van der Waals surface area contributed by atoms with Crippen LogP contribution >= 0.6 is 11.3 Å². The molecule has 0 bridgehead atoms. The van der Waals surface area contributed by atoms with Gasteiger partial charge in [0.2, 0.25) is 5.01 Å². The lowest BCUT2D eigenvalue weighted by Gasteiger charge is -2.12. The van der Waals surface area contributed by atoms with Crippen LogP contribution in [0.3, 0.4) is 0 Å². The van der Waals surface area contributed by atoms with E-state index < -0.39 is 0 Å². The highest BCUT2D eigenvalue weighted by atomic mass is 32.1. The van der Waals surface area contributed by atoms with Gasteiger partial charge in [0.15, 0.2) is 0 Å². The summed E-state index contributed by atoms with van der Waals surface area (Å²) in [7, 11) is 0. The molecule has 1 atom stereocenters. The molecule has 5 nitrogen and oxygen atoms in total. The Morgan fingerprint density at radius 3 is 2.67 bits per heavy atom. The van der Waals surface area contributed by atoms with Crippen LogP contribution < -0.4 is 10.6 Å². The highest BCUT2D eigenvalue weighted by Gasteiger charge is 2.13. The molecule has 0 aliphatic heterocycles. The zero-order valence-corrected chi connectivity index (χ0v) is 16.0. The number of hydrogen-bond donors (Lipinski definition) is 2. The number of benzene rings is 2. The number of aryl methyl sites for hydroxylation is 1. The maximum Gasteiger partial charge on any atom is 0.282 e. The maximum absolute atomic E-state index is 13.3. The summed E-state index contributed by atoms with van der Waals surface area (Å²) in [5.41, 5.74) is 3.07. The Morgan fingerprint density at radius 2 is 1.93 bits per heavy atom. The number of aromatic nitrogens is 2. The van der Waals surface area contributed by atoms with Gasteiger partial charge < -0.3 is 10.6 Å². The summed E-state index contributed by atoms with van der Waals surface area (Å²) in [6.45, 7) is 4.88. The van der Waals surface area contributed by atoms with Crippen LogP contribution in [0, 0.1) is 12.7 Å². The normalized spacial score (nSPS) is 12.0. The molecule has 2 N–H and O–H groups in total. The number of carbonyl (C=O) groups excluding carboxylic acids is 1. The molecule has 0 spiro atoms. The zero-order chi connectivity index (χ0) is 19.2. The quantitative estimate of drug-likeness (QED) is 0.651. The monoisotopic (exact) mass is 384 g/mol. The lowest BCUT2D eigenvalue weighted by molar-refractivity contribution is 0.0950. The Hall–Kier alpha value is -2.64. The van der Waals surface area contributed by atoms with E-state index >= 15 is 0 Å². The summed E-state index contributed by atoms with van der Waals surface area (Å²) in [6.07, 6.45) is 0. The first-order chi connectivity index (χ1) is 13.0. The Labute approximate surface area is 161 Å². The third-order valence-corrected chi connectivity index (χ3v) is 5.06. The summed E-state index contributed by atoms with van der Waals surface area (Å²) >= 11 is 1.25. The molecule has 27 heavy (non-hydrogen) atoms. The van der Waals surface area contributed by atoms with Crippen molar-refractivity contribution in [3.05, 3.63) is 81.1 Å². The van der Waals surface area contributed by atoms with E-state index in [-0.39, 0.29) is 17.8 Å². The van der Waals surface area contributed by atoms with Crippen molar-refractivity contribution in [3.8, 4) is 0 Å². The highest BCUT2D eigenvalue weighted by molar-refractivity contribution is 7.13. The van der Waals surface area contributed by atoms with Crippen molar-refractivity contribution in [2.24, 2.45) is 0 Å². The van der Waals surface area contributed by atoms with Gasteiger partial charge in [-0.25, -0.2) is 4.39 Å². The molecule has 0 aliphatic carbocycles. The first-order valence-electron chi connectivity index (χ1n) is 8.66. The molecule has 3 aromatic rings. The number of nitrogens with one attached hydrogen (secondary N) is 2. The fraction of sp³-hybridized carbons (Fsp3) is 0.250. The van der Waals surface area contributed by atoms with Crippen LogP contribution in [0.5, 0.6) is 0 Å². The van der Waals surface area contributed by atoms with Crippen molar-refractivity contribution >= 4 is 17.2 Å². The molecule has 0 saturated heterocycles. The molecule has 0 radical (unpaired) electrons. The summed E-state index contributed by atoms with van der Waals surface area (Å²) in [5.74, 6) is -0.498. The summed E-state index contributed by atoms with van der Waals surface area (Å²) in [5, 5.41) is 15.2. The average Bonchev–Trinajstić information content (AvgIpc) is 3.14. The van der Waals surface area contributed by atoms with E-state index in [0.29, 0.717) is 23.1 Å². The van der Waals surface area contributed by atoms with Gasteiger partial charge in [0.1, 0.15) is 10.8 Å². The van der Waals surface area contributed by atoms with Crippen molar-refractivity contribution in [2.75, 3.05) is 0 Å². The van der Waals surface area contributed by atoms with Gasteiger partial charge in [0.25, 0.3) is 5.91 Å². The fourth-order valence-electron chi connectivity index (χ4n) is 2.51. The Kier molecular flexibility index (Phi) is 6.26. The number of rotatable bonds is 7. The topological polar surface area (TPSA) is 66.9 Å². The molecule has 0 fully saturated rings. The molecule has 7 heteroatoms. The minimum absolute atomic E-state index is 0.0385. The summed E-state index contributed by atoms with van der Waals surface area (Å²) < 4.78 is 13.3. The Bertz CT molecular complexity index is 910. The Morgan fingerprint density at radius 1 is 1.15 bits per heavy atom. The SMILES string of the molecule is Cc1ccc(CNC(=O)c2nnc(CNC(C)c3cccc(F)c3)s2)cc1. The maximum atomic E-state index is 13.3. The van der Waals surface area contributed by atoms with Crippen molar-refractivity contribution < 1.29 is 9.18 Å². The van der Waals surface area contributed by atoms with E-state index in [0.717, 1.165) is 11.1 Å². The van der Waals surface area contributed by atoms with Crippen LogP contribution in [-0.4, -0.2) is 16.1 Å². The standard InChI is InChI=1S/C20H21FN4OS/c1-13-6-8-15(9-7-13)11-23-19(26)20-25-24-18(27-20)12-22-14(2)16-4-3-5-17(21)10-16/h3-10,14,22H,11-12H2,1-2H3,(H,23,26). The molecule has 0 saturated carbocycles. The smallest absolute Gasteiger partial charge is 0.282 e. The van der Waals surface area contributed by atoms with Crippen molar-refractivity contribution in [3.63, 3.8) is 0 Å². The van der Waals surface area contributed by atoms with Gasteiger partial charge in [-0.2, -0.15) is 0 Å². The van der Waals surface area contributed by atoms with E-state index in [9.17, 15) is 9.18 Å². The van der Waals surface area contributed by atoms with E-state index in [1.807, 2.05) is 44.2 Å². The largest absolute Gasteiger partial charge is 0.346 e. The van der Waals surface area contributed by atoms with Crippen LogP contribution in [0.25, 0.3) is 0 Å². The van der Waals surface area contributed by atoms with E-state index in [2.05, 4.69) is 20.8 Å². The fourth-order valence-corrected chi connectivity index (χ4v) is 3.22. The molecule has 1 unspecified atom stereocenters. The second-order valence-electron chi connectivity index (χ2n) is 6.33. The number of carbonyl (C=O) groups is 1. The molecule has 1 amide bonds. The predicted octanol–water partition coefficient (Wildman–Crippen LogP) is 3.77. The van der Waals surface area contributed by atoms with Crippen LogP contribution in [-0.2, 0) is 13.1 Å². The second kappa shape index (κ2) is 8.83. The van der Waals surface area contributed by atoms with Crippen molar-refractivity contribution in [1.82, 2.24) is 20.8 Å². The number of amides is 1. The first kappa shape index (κ1) is 19.1. The molecule has 1 aromatic heterocycles. The van der Waals surface area contributed by atoms with E-state index in [1.165, 1.54) is 29.0 Å². The number of hydrogen-bond acceptors (Lipinski definition) is 5. The van der Waals surface area contributed by atoms with Gasteiger partial charge in [-0.1, -0.05) is 53.3 Å². The first-order valence-corrected chi connectivity index (χ1v) is 9.48. The van der Waals surface area contributed by atoms with Crippen molar-refractivity contribution in [1.29, 1.82) is 0 Å². The Balaban J connectivity index is 1.51. The minimum atomic E-state index is -0.260. The lowest BCUT2D eigenvalue weighted by Crippen LogP contribution is -2.22. The molecule has 1 heterocycles.